The van der Waals surface area contributed by atoms with Gasteiger partial charge in [-0.25, -0.2) is 4.98 Å². The predicted octanol–water partition coefficient (Wildman–Crippen LogP) is 7.05. The Labute approximate surface area is 222 Å². The molecule has 0 atom stereocenters. The van der Waals surface area contributed by atoms with Gasteiger partial charge in [0.05, 0.1) is 33.8 Å². The first-order chi connectivity index (χ1) is 17.9. The number of carbonyl (C=O) groups is 2. The van der Waals surface area contributed by atoms with Crippen LogP contribution in [0, 0.1) is 0 Å². The van der Waals surface area contributed by atoms with Crippen LogP contribution in [0.25, 0.3) is 22.4 Å². The zero-order valence-electron chi connectivity index (χ0n) is 19.5. The van der Waals surface area contributed by atoms with Crippen molar-refractivity contribution in [2.75, 3.05) is 17.7 Å². The summed E-state index contributed by atoms with van der Waals surface area (Å²) in [4.78, 5) is 33.1. The molecule has 2 amide bonds. The third-order valence-electron chi connectivity index (χ3n) is 5.70. The van der Waals surface area contributed by atoms with Crippen LogP contribution in [-0.2, 0) is 0 Å². The molecule has 7 nitrogen and oxygen atoms in total. The standard InChI is InChI=1S/C28H20Cl2N4O3/c1-37-20-12-7-17(8-13-20)27(35)31-18-9-5-16(6-10-18)26-33-23-14-11-19(15-24(23)34-26)32-28(36)25-21(29)3-2-4-22(25)30/h2-15H,1H3,(H,31,35)(H,32,36)(H,33,34). The second-order valence-electron chi connectivity index (χ2n) is 8.13. The van der Waals surface area contributed by atoms with Crippen molar-refractivity contribution in [1.29, 1.82) is 0 Å². The number of imidazole rings is 1. The molecule has 1 aromatic heterocycles. The number of nitrogens with one attached hydrogen (secondary N) is 3. The van der Waals surface area contributed by atoms with E-state index in [1.54, 1.807) is 61.7 Å². The molecule has 184 valence electrons. The van der Waals surface area contributed by atoms with Crippen LogP contribution in [0.5, 0.6) is 5.75 Å². The van der Waals surface area contributed by atoms with Crippen LogP contribution in [0.1, 0.15) is 20.7 Å². The number of hydrogen-bond acceptors (Lipinski definition) is 4. The van der Waals surface area contributed by atoms with E-state index in [1.807, 2.05) is 30.3 Å². The summed E-state index contributed by atoms with van der Waals surface area (Å²) in [6, 6.07) is 24.5. The maximum absolute atomic E-state index is 12.7. The highest BCUT2D eigenvalue weighted by molar-refractivity contribution is 6.40. The number of nitrogens with zero attached hydrogens (tertiary/aromatic N) is 1. The number of benzene rings is 4. The molecule has 0 saturated carbocycles. The van der Waals surface area contributed by atoms with Crippen molar-refractivity contribution in [3.8, 4) is 17.1 Å². The highest BCUT2D eigenvalue weighted by Crippen LogP contribution is 2.27. The number of hydrogen-bond donors (Lipinski definition) is 3. The molecular formula is C28H20Cl2N4O3. The molecule has 0 fully saturated rings. The van der Waals surface area contributed by atoms with E-state index in [2.05, 4.69) is 20.6 Å². The Hall–Kier alpha value is -4.33. The third-order valence-corrected chi connectivity index (χ3v) is 6.33. The quantitative estimate of drug-likeness (QED) is 0.219. The number of methoxy groups -OCH3 is 1. The third kappa shape index (κ3) is 5.28. The van der Waals surface area contributed by atoms with E-state index in [4.69, 9.17) is 27.9 Å². The first-order valence-corrected chi connectivity index (χ1v) is 12.0. The Morgan fingerprint density at radius 3 is 2.14 bits per heavy atom. The van der Waals surface area contributed by atoms with Gasteiger partial charge in [0, 0.05) is 22.5 Å². The Balaban J connectivity index is 1.30. The average Bonchev–Trinajstić information content (AvgIpc) is 3.32. The van der Waals surface area contributed by atoms with Gasteiger partial charge in [0.1, 0.15) is 11.6 Å². The monoisotopic (exact) mass is 530 g/mol. The summed E-state index contributed by atoms with van der Waals surface area (Å²) in [6.07, 6.45) is 0. The molecule has 0 aliphatic carbocycles. The SMILES string of the molecule is COc1ccc(C(=O)Nc2ccc(-c3nc4ccc(NC(=O)c5c(Cl)cccc5Cl)cc4[nH]3)cc2)cc1. The first-order valence-electron chi connectivity index (χ1n) is 11.2. The molecule has 37 heavy (non-hydrogen) atoms. The fourth-order valence-corrected chi connectivity index (χ4v) is 4.36. The van der Waals surface area contributed by atoms with E-state index in [1.165, 1.54) is 0 Å². The highest BCUT2D eigenvalue weighted by Gasteiger charge is 2.15. The fraction of sp³-hybridized carbons (Fsp3) is 0.0357. The Bertz CT molecular complexity index is 1590. The molecule has 0 saturated heterocycles. The molecule has 3 N–H and O–H groups in total. The van der Waals surface area contributed by atoms with Gasteiger partial charge < -0.3 is 20.4 Å². The van der Waals surface area contributed by atoms with Gasteiger partial charge in [0.2, 0.25) is 0 Å². The van der Waals surface area contributed by atoms with Crippen LogP contribution in [0.2, 0.25) is 10.0 Å². The number of rotatable bonds is 6. The lowest BCUT2D eigenvalue weighted by Gasteiger charge is -2.08. The van der Waals surface area contributed by atoms with Gasteiger partial charge in [-0.3, -0.25) is 9.59 Å². The molecule has 0 spiro atoms. The number of ether oxygens (including phenoxy) is 1. The normalized spacial score (nSPS) is 10.8. The van der Waals surface area contributed by atoms with E-state index >= 15 is 0 Å². The van der Waals surface area contributed by atoms with Gasteiger partial charge in [0.15, 0.2) is 0 Å². The van der Waals surface area contributed by atoms with Gasteiger partial charge in [-0.2, -0.15) is 0 Å². The number of H-pyrrole nitrogens is 1. The number of fused-ring (bicyclic) bond motifs is 1. The van der Waals surface area contributed by atoms with Crippen molar-refractivity contribution in [3.05, 3.63) is 106 Å². The Kier molecular flexibility index (Phi) is 6.81. The van der Waals surface area contributed by atoms with Crippen molar-refractivity contribution < 1.29 is 14.3 Å². The largest absolute Gasteiger partial charge is 0.497 e. The minimum Gasteiger partial charge on any atom is -0.497 e. The zero-order valence-corrected chi connectivity index (χ0v) is 21.0. The maximum Gasteiger partial charge on any atom is 0.258 e. The van der Waals surface area contributed by atoms with Gasteiger partial charge in [-0.05, 0) is 78.9 Å². The average molecular weight is 531 g/mol. The van der Waals surface area contributed by atoms with Gasteiger partial charge >= 0.3 is 0 Å². The summed E-state index contributed by atoms with van der Waals surface area (Å²) in [5, 5.41) is 6.26. The first kappa shape index (κ1) is 24.4. The van der Waals surface area contributed by atoms with Crippen LogP contribution in [0.15, 0.2) is 84.9 Å². The summed E-state index contributed by atoms with van der Waals surface area (Å²) in [7, 11) is 1.58. The molecular weight excluding hydrogens is 511 g/mol. The molecule has 1 heterocycles. The molecule has 4 aromatic carbocycles. The minimum atomic E-state index is -0.401. The van der Waals surface area contributed by atoms with E-state index in [9.17, 15) is 9.59 Å². The van der Waals surface area contributed by atoms with Gasteiger partial charge in [-0.15, -0.1) is 0 Å². The molecule has 0 bridgehead atoms. The zero-order chi connectivity index (χ0) is 25.9. The number of halogens is 2. The summed E-state index contributed by atoms with van der Waals surface area (Å²) in [5.74, 6) is 0.723. The molecule has 0 unspecified atom stereocenters. The molecule has 0 aliphatic heterocycles. The van der Waals surface area contributed by atoms with Crippen molar-refractivity contribution in [1.82, 2.24) is 9.97 Å². The number of amides is 2. The summed E-state index contributed by atoms with van der Waals surface area (Å²) in [6.45, 7) is 0. The number of anilines is 2. The lowest BCUT2D eigenvalue weighted by atomic mass is 10.1. The lowest BCUT2D eigenvalue weighted by molar-refractivity contribution is 0.101. The van der Waals surface area contributed by atoms with Crippen molar-refractivity contribution >= 4 is 57.4 Å². The number of aromatic amines is 1. The van der Waals surface area contributed by atoms with Crippen molar-refractivity contribution in [2.45, 2.75) is 0 Å². The predicted molar refractivity (Wildman–Crippen MR) is 147 cm³/mol. The lowest BCUT2D eigenvalue weighted by Crippen LogP contribution is -2.13. The number of carbonyl (C=O) groups excluding carboxylic acids is 2. The maximum atomic E-state index is 12.7. The van der Waals surface area contributed by atoms with Crippen molar-refractivity contribution in [2.24, 2.45) is 0 Å². The highest BCUT2D eigenvalue weighted by atomic mass is 35.5. The second kappa shape index (κ2) is 10.3. The van der Waals surface area contributed by atoms with E-state index in [0.29, 0.717) is 28.5 Å². The smallest absolute Gasteiger partial charge is 0.258 e. The van der Waals surface area contributed by atoms with E-state index in [0.717, 1.165) is 16.6 Å². The van der Waals surface area contributed by atoms with Crippen LogP contribution >= 0.6 is 23.2 Å². The van der Waals surface area contributed by atoms with Gasteiger partial charge in [-0.1, -0.05) is 29.3 Å². The Morgan fingerprint density at radius 1 is 0.811 bits per heavy atom. The summed E-state index contributed by atoms with van der Waals surface area (Å²) < 4.78 is 5.13. The van der Waals surface area contributed by atoms with Crippen LogP contribution in [-0.4, -0.2) is 28.9 Å². The molecule has 5 rings (SSSR count). The molecule has 0 radical (unpaired) electrons. The van der Waals surface area contributed by atoms with Crippen LogP contribution in [0.4, 0.5) is 11.4 Å². The topological polar surface area (TPSA) is 96.1 Å². The van der Waals surface area contributed by atoms with Crippen molar-refractivity contribution in [3.63, 3.8) is 0 Å². The van der Waals surface area contributed by atoms with E-state index in [-0.39, 0.29) is 21.5 Å². The number of aromatic nitrogens is 2. The van der Waals surface area contributed by atoms with Gasteiger partial charge in [0.25, 0.3) is 11.8 Å². The molecule has 9 heteroatoms. The second-order valence-corrected chi connectivity index (χ2v) is 8.94. The van der Waals surface area contributed by atoms with E-state index < -0.39 is 5.91 Å². The fourth-order valence-electron chi connectivity index (χ4n) is 3.79. The Morgan fingerprint density at radius 2 is 1.46 bits per heavy atom. The van der Waals surface area contributed by atoms with Crippen LogP contribution < -0.4 is 15.4 Å². The summed E-state index contributed by atoms with van der Waals surface area (Å²) >= 11 is 12.3. The summed E-state index contributed by atoms with van der Waals surface area (Å²) in [5.41, 5.74) is 4.30. The van der Waals surface area contributed by atoms with Crippen LogP contribution in [0.3, 0.4) is 0 Å². The minimum absolute atomic E-state index is 0.216. The molecule has 0 aliphatic rings. The molecule has 5 aromatic rings.